The van der Waals surface area contributed by atoms with Crippen LogP contribution in [0.5, 0.6) is 0 Å². The van der Waals surface area contributed by atoms with Gasteiger partial charge in [-0.3, -0.25) is 9.48 Å². The number of aromatic nitrogens is 2. The van der Waals surface area contributed by atoms with Crippen molar-refractivity contribution < 1.29 is 4.79 Å². The van der Waals surface area contributed by atoms with Gasteiger partial charge in [0.1, 0.15) is 5.78 Å². The lowest BCUT2D eigenvalue weighted by atomic mass is 9.84. The normalized spacial score (nSPS) is 31.0. The second kappa shape index (κ2) is 4.26. The predicted octanol–water partition coefficient (Wildman–Crippen LogP) is 1.06. The number of carbonyl (C=O) groups is 1. The van der Waals surface area contributed by atoms with E-state index in [4.69, 9.17) is 0 Å². The van der Waals surface area contributed by atoms with Gasteiger partial charge in [-0.2, -0.15) is 5.10 Å². The van der Waals surface area contributed by atoms with E-state index in [-0.39, 0.29) is 5.92 Å². The molecule has 2 fully saturated rings. The summed E-state index contributed by atoms with van der Waals surface area (Å²) in [4.78, 5) is 12.2. The van der Waals surface area contributed by atoms with Gasteiger partial charge in [-0.1, -0.05) is 0 Å². The van der Waals surface area contributed by atoms with Crippen LogP contribution < -0.4 is 5.32 Å². The highest BCUT2D eigenvalue weighted by Gasteiger charge is 2.42. The average Bonchev–Trinajstić information content (AvgIpc) is 3.01. The van der Waals surface area contributed by atoms with Crippen molar-refractivity contribution >= 4 is 5.78 Å². The number of nitrogens with zero attached hydrogens (tertiary/aromatic N) is 2. The molecule has 2 saturated heterocycles. The van der Waals surface area contributed by atoms with Crippen LogP contribution in [-0.2, 0) is 18.3 Å². The van der Waals surface area contributed by atoms with Crippen LogP contribution in [0.1, 0.15) is 31.4 Å². The molecule has 4 heteroatoms. The molecule has 2 bridgehead atoms. The molecule has 2 aliphatic rings. The molecule has 0 radical (unpaired) electrons. The Bertz CT molecular complexity index is 426. The van der Waals surface area contributed by atoms with Gasteiger partial charge in [-0.05, 0) is 31.7 Å². The summed E-state index contributed by atoms with van der Waals surface area (Å²) in [5, 5.41) is 7.65. The number of carbonyl (C=O) groups excluding carboxylic acids is 1. The van der Waals surface area contributed by atoms with E-state index in [9.17, 15) is 4.79 Å². The lowest BCUT2D eigenvalue weighted by Gasteiger charge is -2.18. The van der Waals surface area contributed by atoms with Gasteiger partial charge in [0.2, 0.25) is 0 Å². The van der Waals surface area contributed by atoms with Gasteiger partial charge >= 0.3 is 0 Å². The van der Waals surface area contributed by atoms with E-state index >= 15 is 0 Å². The van der Waals surface area contributed by atoms with E-state index < -0.39 is 0 Å². The first-order chi connectivity index (χ1) is 8.24. The molecule has 2 aliphatic heterocycles. The third-order valence-electron chi connectivity index (χ3n) is 4.26. The summed E-state index contributed by atoms with van der Waals surface area (Å²) >= 11 is 0. The number of ketones is 1. The van der Waals surface area contributed by atoms with E-state index in [0.29, 0.717) is 24.3 Å². The Kier molecular flexibility index (Phi) is 2.74. The van der Waals surface area contributed by atoms with Gasteiger partial charge in [-0.25, -0.2) is 0 Å². The third kappa shape index (κ3) is 2.02. The number of Topliss-reactive ketones (excluding diaryl/α,β-unsaturated/α-hetero) is 1. The summed E-state index contributed by atoms with van der Waals surface area (Å²) in [7, 11) is 1.93. The average molecular weight is 233 g/mol. The second-order valence-electron chi connectivity index (χ2n) is 5.30. The van der Waals surface area contributed by atoms with E-state index in [1.54, 1.807) is 6.20 Å². The van der Waals surface area contributed by atoms with Crippen LogP contribution in [0.3, 0.4) is 0 Å². The minimum absolute atomic E-state index is 0.280. The van der Waals surface area contributed by atoms with Crippen molar-refractivity contribution in [1.82, 2.24) is 15.1 Å². The van der Waals surface area contributed by atoms with Crippen LogP contribution in [-0.4, -0.2) is 27.6 Å². The molecule has 0 amide bonds. The number of nitrogens with one attached hydrogen (secondary N) is 1. The van der Waals surface area contributed by atoms with Crippen molar-refractivity contribution in [2.75, 3.05) is 0 Å². The first-order valence-electron chi connectivity index (χ1n) is 6.49. The predicted molar refractivity (Wildman–Crippen MR) is 64.6 cm³/mol. The Labute approximate surface area is 101 Å². The van der Waals surface area contributed by atoms with E-state index in [2.05, 4.69) is 10.4 Å². The summed E-state index contributed by atoms with van der Waals surface area (Å²) in [6.45, 7) is 0. The molecule has 3 heterocycles. The largest absolute Gasteiger partial charge is 0.310 e. The molecule has 3 atom stereocenters. The fraction of sp³-hybridized carbons (Fsp3) is 0.692. The number of hydrogen-bond acceptors (Lipinski definition) is 3. The standard InChI is InChI=1S/C13H19N3O/c1-16-10(6-7-14-16)3-5-13(17)11-8-9-2-4-12(11)15-9/h6-7,9,11-12,15H,2-5,8H2,1H3. The zero-order valence-electron chi connectivity index (χ0n) is 10.2. The summed E-state index contributed by atoms with van der Waals surface area (Å²) in [6.07, 6.45) is 6.79. The molecule has 4 nitrogen and oxygen atoms in total. The first-order valence-corrected chi connectivity index (χ1v) is 6.49. The zero-order chi connectivity index (χ0) is 11.8. The van der Waals surface area contributed by atoms with Gasteiger partial charge in [0.05, 0.1) is 0 Å². The van der Waals surface area contributed by atoms with Crippen LogP contribution in [0.4, 0.5) is 0 Å². The highest BCUT2D eigenvalue weighted by molar-refractivity contribution is 5.82. The van der Waals surface area contributed by atoms with Crippen LogP contribution >= 0.6 is 0 Å². The minimum atomic E-state index is 0.280. The van der Waals surface area contributed by atoms with Crippen molar-refractivity contribution in [3.05, 3.63) is 18.0 Å². The monoisotopic (exact) mass is 233 g/mol. The van der Waals surface area contributed by atoms with Gasteiger partial charge in [0, 0.05) is 43.4 Å². The van der Waals surface area contributed by atoms with Crippen molar-refractivity contribution in [3.8, 4) is 0 Å². The number of fused-ring (bicyclic) bond motifs is 2. The van der Waals surface area contributed by atoms with Gasteiger partial charge in [-0.15, -0.1) is 0 Å². The van der Waals surface area contributed by atoms with Gasteiger partial charge < -0.3 is 5.32 Å². The molecule has 17 heavy (non-hydrogen) atoms. The molecule has 0 aromatic carbocycles. The Hall–Kier alpha value is -1.16. The fourth-order valence-corrected chi connectivity index (χ4v) is 3.26. The fourth-order valence-electron chi connectivity index (χ4n) is 3.26. The summed E-state index contributed by atoms with van der Waals surface area (Å²) in [5.74, 6) is 0.716. The third-order valence-corrected chi connectivity index (χ3v) is 4.26. The number of rotatable bonds is 4. The van der Waals surface area contributed by atoms with Crippen molar-refractivity contribution in [3.63, 3.8) is 0 Å². The van der Waals surface area contributed by atoms with Crippen LogP contribution in [0.25, 0.3) is 0 Å². The summed E-state index contributed by atoms with van der Waals surface area (Å²) in [6, 6.07) is 3.08. The smallest absolute Gasteiger partial charge is 0.137 e. The van der Waals surface area contributed by atoms with Crippen LogP contribution in [0.2, 0.25) is 0 Å². The molecule has 3 rings (SSSR count). The molecular formula is C13H19N3O. The first kappa shape index (κ1) is 11.0. The molecule has 3 unspecified atom stereocenters. The molecule has 1 aromatic heterocycles. The maximum absolute atomic E-state index is 12.2. The summed E-state index contributed by atoms with van der Waals surface area (Å²) in [5.41, 5.74) is 1.15. The Morgan fingerprint density at radius 2 is 2.47 bits per heavy atom. The molecular weight excluding hydrogens is 214 g/mol. The van der Waals surface area contributed by atoms with Crippen LogP contribution in [0.15, 0.2) is 12.3 Å². The molecule has 92 valence electrons. The zero-order valence-corrected chi connectivity index (χ0v) is 10.2. The van der Waals surface area contributed by atoms with Crippen LogP contribution in [0, 0.1) is 5.92 Å². The maximum Gasteiger partial charge on any atom is 0.137 e. The van der Waals surface area contributed by atoms with E-state index in [1.165, 1.54) is 12.8 Å². The van der Waals surface area contributed by atoms with E-state index in [1.807, 2.05) is 17.8 Å². The molecule has 1 aromatic rings. The highest BCUT2D eigenvalue weighted by atomic mass is 16.1. The van der Waals surface area contributed by atoms with Crippen molar-refractivity contribution in [2.24, 2.45) is 13.0 Å². The van der Waals surface area contributed by atoms with Crippen molar-refractivity contribution in [2.45, 2.75) is 44.2 Å². The Balaban J connectivity index is 1.56. The highest BCUT2D eigenvalue weighted by Crippen LogP contribution is 2.34. The second-order valence-corrected chi connectivity index (χ2v) is 5.30. The van der Waals surface area contributed by atoms with E-state index in [0.717, 1.165) is 18.5 Å². The van der Waals surface area contributed by atoms with Crippen molar-refractivity contribution in [1.29, 1.82) is 0 Å². The molecule has 0 saturated carbocycles. The topological polar surface area (TPSA) is 46.9 Å². The molecule has 0 spiro atoms. The quantitative estimate of drug-likeness (QED) is 0.846. The molecule has 1 N–H and O–H groups in total. The van der Waals surface area contributed by atoms with Gasteiger partial charge in [0.25, 0.3) is 0 Å². The Morgan fingerprint density at radius 1 is 1.59 bits per heavy atom. The lowest BCUT2D eigenvalue weighted by Crippen LogP contribution is -2.29. The Morgan fingerprint density at radius 3 is 3.06 bits per heavy atom. The minimum Gasteiger partial charge on any atom is -0.310 e. The molecule has 0 aliphatic carbocycles. The number of hydrogen-bond donors (Lipinski definition) is 1. The lowest BCUT2D eigenvalue weighted by molar-refractivity contribution is -0.123. The number of aryl methyl sites for hydroxylation is 2. The maximum atomic E-state index is 12.2. The van der Waals surface area contributed by atoms with Gasteiger partial charge in [0.15, 0.2) is 0 Å². The summed E-state index contributed by atoms with van der Waals surface area (Å²) < 4.78 is 1.85. The SMILES string of the molecule is Cn1nccc1CCC(=O)C1CC2CCC1N2.